The Morgan fingerprint density at radius 2 is 1.64 bits per heavy atom. The zero-order valence-corrected chi connectivity index (χ0v) is 27.6. The van der Waals surface area contributed by atoms with E-state index >= 15 is 0 Å². The molecule has 0 saturated heterocycles. The summed E-state index contributed by atoms with van der Waals surface area (Å²) >= 11 is 12.4. The molecule has 1 N–H and O–H groups in total. The molecule has 3 aromatic rings. The second kappa shape index (κ2) is 13.1. The van der Waals surface area contributed by atoms with Gasteiger partial charge in [-0.15, -0.1) is 0 Å². The maximum Gasteiger partial charge on any atom is 0.417 e. The van der Waals surface area contributed by atoms with Crippen LogP contribution in [-0.2, 0) is 38.8 Å². The normalized spacial score (nSPS) is 15.3. The molecule has 17 heteroatoms. The summed E-state index contributed by atoms with van der Waals surface area (Å²) in [5.41, 5.74) is 1.34. The quantitative estimate of drug-likeness (QED) is 0.147. The number of hydrogen-bond donors (Lipinski definition) is 1. The molecule has 0 amide bonds. The Morgan fingerprint density at radius 3 is 2.22 bits per heavy atom. The summed E-state index contributed by atoms with van der Waals surface area (Å²) in [4.78, 5) is 3.34. The van der Waals surface area contributed by atoms with Crippen molar-refractivity contribution in [3.63, 3.8) is 0 Å². The molecule has 0 atom stereocenters. The molecule has 2 heterocycles. The molecule has 0 radical (unpaired) electrons. The van der Waals surface area contributed by atoms with Gasteiger partial charge in [-0.1, -0.05) is 29.3 Å². The van der Waals surface area contributed by atoms with Gasteiger partial charge < -0.3 is 14.4 Å². The second-order valence-corrected chi connectivity index (χ2v) is 14.2. The van der Waals surface area contributed by atoms with Crippen LogP contribution in [0.5, 0.6) is 0 Å². The monoisotopic (exact) mass is 710 g/mol. The average Bonchev–Trinajstić information content (AvgIpc) is 3.34. The van der Waals surface area contributed by atoms with Crippen LogP contribution in [0.2, 0.25) is 10.0 Å². The first-order chi connectivity index (χ1) is 20.9. The van der Waals surface area contributed by atoms with E-state index in [1.165, 1.54) is 10.6 Å². The minimum Gasteiger partial charge on any atom is -0.745 e. The highest BCUT2D eigenvalue weighted by Crippen LogP contribution is 2.47. The number of imidazole rings is 1. The van der Waals surface area contributed by atoms with Crippen molar-refractivity contribution in [1.29, 1.82) is 0 Å². The number of aromatic nitrogens is 2. The highest BCUT2D eigenvalue weighted by atomic mass is 35.5. The molecule has 4 rings (SSSR count). The summed E-state index contributed by atoms with van der Waals surface area (Å²) in [7, 11) is -8.94. The Balaban J connectivity index is 1.85. The van der Waals surface area contributed by atoms with Gasteiger partial charge in [0.05, 0.1) is 34.3 Å². The topological polar surface area (TPSA) is 127 Å². The Morgan fingerprint density at radius 1 is 0.978 bits per heavy atom. The number of allylic oxidation sites excluding steroid dienone is 2. The third-order valence-electron chi connectivity index (χ3n) is 7.34. The predicted molar refractivity (Wildman–Crippen MR) is 167 cm³/mol. The van der Waals surface area contributed by atoms with Gasteiger partial charge in [-0.05, 0) is 63.5 Å². The number of benzene rings is 2. The van der Waals surface area contributed by atoms with Crippen LogP contribution in [-0.4, -0.2) is 49.4 Å². The zero-order valence-electron chi connectivity index (χ0n) is 24.5. The summed E-state index contributed by atoms with van der Waals surface area (Å²) in [5, 5.41) is -0.0302. The van der Waals surface area contributed by atoms with Crippen molar-refractivity contribution in [1.82, 2.24) is 4.57 Å². The third kappa shape index (κ3) is 7.77. The highest BCUT2D eigenvalue weighted by Gasteiger charge is 2.38. The SMILES string of the molecule is CCN1C(=CC=Cc2n(CC)c3cc(Cl)c(C)cc3[n+]2CS(=O)(=O)[O-])N(CCCCS(=O)(=O)O)c2cc(C(F)(F)F)c(Cl)cc21. The number of rotatable bonds is 11. The summed E-state index contributed by atoms with van der Waals surface area (Å²) in [6, 6.07) is 5.55. The van der Waals surface area contributed by atoms with E-state index in [1.807, 2.05) is 6.92 Å². The first-order valence-electron chi connectivity index (χ1n) is 13.8. The molecule has 0 bridgehead atoms. The van der Waals surface area contributed by atoms with E-state index in [4.69, 9.17) is 27.8 Å². The summed E-state index contributed by atoms with van der Waals surface area (Å²) in [6.45, 7) is 6.21. The van der Waals surface area contributed by atoms with E-state index in [0.717, 1.165) is 6.07 Å². The number of unbranched alkanes of at least 4 members (excludes halogenated alkanes) is 1. The van der Waals surface area contributed by atoms with Crippen LogP contribution in [0.1, 0.15) is 43.6 Å². The van der Waals surface area contributed by atoms with Crippen LogP contribution in [0.15, 0.2) is 42.2 Å². The van der Waals surface area contributed by atoms with Gasteiger partial charge in [-0.2, -0.15) is 21.6 Å². The van der Waals surface area contributed by atoms with Gasteiger partial charge >= 0.3 is 6.18 Å². The maximum atomic E-state index is 13.8. The van der Waals surface area contributed by atoms with Crippen molar-refractivity contribution in [3.8, 4) is 0 Å². The van der Waals surface area contributed by atoms with Crippen LogP contribution in [0.4, 0.5) is 24.5 Å². The minimum atomic E-state index is -4.73. The lowest BCUT2D eigenvalue weighted by Crippen LogP contribution is -2.40. The van der Waals surface area contributed by atoms with E-state index in [1.54, 1.807) is 58.6 Å². The smallest absolute Gasteiger partial charge is 0.417 e. The maximum absolute atomic E-state index is 13.8. The van der Waals surface area contributed by atoms with Crippen LogP contribution >= 0.6 is 23.2 Å². The van der Waals surface area contributed by atoms with Crippen molar-refractivity contribution in [3.05, 3.63) is 69.2 Å². The van der Waals surface area contributed by atoms with E-state index < -0.39 is 48.6 Å². The number of halogens is 5. The van der Waals surface area contributed by atoms with E-state index in [9.17, 15) is 34.6 Å². The van der Waals surface area contributed by atoms with Crippen molar-refractivity contribution >= 4 is 71.9 Å². The van der Waals surface area contributed by atoms with Crippen molar-refractivity contribution < 1.29 is 43.7 Å². The fourth-order valence-electron chi connectivity index (χ4n) is 5.40. The third-order valence-corrected chi connectivity index (χ3v) is 9.44. The summed E-state index contributed by atoms with van der Waals surface area (Å²) in [6.07, 6.45) is 0.349. The molecular weight excluding hydrogens is 680 g/mol. The predicted octanol–water partition coefficient (Wildman–Crippen LogP) is 5.95. The van der Waals surface area contributed by atoms with Gasteiger partial charge in [0.2, 0.25) is 0 Å². The zero-order chi connectivity index (χ0) is 33.5. The lowest BCUT2D eigenvalue weighted by Gasteiger charge is -2.24. The number of anilines is 2. The molecule has 1 aromatic heterocycles. The van der Waals surface area contributed by atoms with Crippen LogP contribution in [0, 0.1) is 6.92 Å². The molecule has 1 aliphatic rings. The molecule has 1 aliphatic heterocycles. The van der Waals surface area contributed by atoms with Gasteiger partial charge in [0, 0.05) is 30.3 Å². The van der Waals surface area contributed by atoms with Gasteiger partial charge in [0.25, 0.3) is 15.9 Å². The van der Waals surface area contributed by atoms with E-state index in [0.29, 0.717) is 52.0 Å². The largest absolute Gasteiger partial charge is 0.745 e. The Labute approximate surface area is 269 Å². The number of aryl methyl sites for hydroxylation is 2. The molecule has 10 nitrogen and oxygen atoms in total. The number of fused-ring (bicyclic) bond motifs is 2. The standard InChI is InChI=1S/C28H31Cl2F3N4O6S2/c1-4-34-25-16-21(30)19(28(31,32)33)14-23(25)36(11-6-7-12-44(38,39)40)26(34)9-8-10-27-35(5-2)24-15-20(29)18(3)13-22(24)37(27)17-45(41,42)43/h8-10,13-16H,4-7,11-12,17H2,1-3H3,(H-,38,39,40,41,42,43). The Hall–Kier alpha value is -2.82. The van der Waals surface area contributed by atoms with Crippen LogP contribution < -0.4 is 14.4 Å². The van der Waals surface area contributed by atoms with Crippen LogP contribution in [0.25, 0.3) is 17.1 Å². The molecule has 0 spiro atoms. The molecule has 0 unspecified atom stereocenters. The van der Waals surface area contributed by atoms with Gasteiger partial charge in [-0.3, -0.25) is 4.55 Å². The summed E-state index contributed by atoms with van der Waals surface area (Å²) in [5.74, 6) is -0.538. The minimum absolute atomic E-state index is 0.0574. The van der Waals surface area contributed by atoms with Crippen molar-refractivity contribution in [2.75, 3.05) is 28.6 Å². The lowest BCUT2D eigenvalue weighted by molar-refractivity contribution is -0.654. The Bertz CT molecular complexity index is 1910. The summed E-state index contributed by atoms with van der Waals surface area (Å²) < 4.78 is 112. The van der Waals surface area contributed by atoms with Crippen molar-refractivity contribution in [2.45, 2.75) is 52.2 Å². The van der Waals surface area contributed by atoms with E-state index in [2.05, 4.69) is 0 Å². The van der Waals surface area contributed by atoms with Gasteiger partial charge in [0.15, 0.2) is 16.9 Å². The lowest BCUT2D eigenvalue weighted by atomic mass is 10.1. The molecule has 0 aliphatic carbocycles. The Kier molecular flexibility index (Phi) is 10.2. The van der Waals surface area contributed by atoms with E-state index in [-0.39, 0.29) is 25.1 Å². The van der Waals surface area contributed by atoms with Crippen molar-refractivity contribution in [2.24, 2.45) is 0 Å². The first kappa shape index (κ1) is 35.0. The van der Waals surface area contributed by atoms with Gasteiger partial charge in [0.1, 0.15) is 15.9 Å². The molecular formula is C28H31Cl2F3N4O6S2. The number of alkyl halides is 3. The number of nitrogens with zero attached hydrogens (tertiary/aromatic N) is 4. The fraction of sp³-hybridized carbons (Fsp3) is 0.393. The highest BCUT2D eigenvalue weighted by molar-refractivity contribution is 7.85. The fourth-order valence-corrected chi connectivity index (χ4v) is 6.98. The van der Waals surface area contributed by atoms with Crippen LogP contribution in [0.3, 0.4) is 0 Å². The second-order valence-electron chi connectivity index (χ2n) is 10.4. The molecule has 246 valence electrons. The number of hydrogen-bond acceptors (Lipinski definition) is 7. The average molecular weight is 712 g/mol. The molecule has 45 heavy (non-hydrogen) atoms. The molecule has 2 aromatic carbocycles. The molecule has 0 fully saturated rings. The first-order valence-corrected chi connectivity index (χ1v) is 17.8. The molecule has 0 saturated carbocycles. The van der Waals surface area contributed by atoms with Gasteiger partial charge in [-0.25, -0.2) is 17.6 Å².